The summed E-state index contributed by atoms with van der Waals surface area (Å²) in [6, 6.07) is 1.84. The van der Waals surface area contributed by atoms with E-state index < -0.39 is 30.1 Å². The van der Waals surface area contributed by atoms with E-state index in [2.05, 4.69) is 20.3 Å². The van der Waals surface area contributed by atoms with Gasteiger partial charge >= 0.3 is 6.16 Å². The average Bonchev–Trinajstić information content (AvgIpc) is 3.37. The molecule has 1 amide bonds. The zero-order valence-corrected chi connectivity index (χ0v) is 21.4. The van der Waals surface area contributed by atoms with E-state index in [0.717, 1.165) is 11.3 Å². The zero-order chi connectivity index (χ0) is 26.0. The van der Waals surface area contributed by atoms with Crippen molar-refractivity contribution < 1.29 is 27.8 Å². The number of aryl methyl sites for hydroxylation is 1. The fourth-order valence-corrected chi connectivity index (χ4v) is 5.01. The van der Waals surface area contributed by atoms with E-state index in [9.17, 15) is 14.0 Å². The van der Waals surface area contributed by atoms with Crippen LogP contribution in [-0.4, -0.2) is 58.9 Å². The van der Waals surface area contributed by atoms with Gasteiger partial charge in [-0.2, -0.15) is 0 Å². The molecule has 192 valence electrons. The van der Waals surface area contributed by atoms with E-state index in [1.54, 1.807) is 18.7 Å². The largest absolute Gasteiger partial charge is 0.514 e. The number of alkyl halides is 1. The highest BCUT2D eigenvalue weighted by Crippen LogP contribution is 2.41. The molecule has 1 aliphatic rings. The number of amides is 1. The minimum Gasteiger partial charge on any atom is -0.434 e. The summed E-state index contributed by atoms with van der Waals surface area (Å²) in [6.07, 6.45) is -0.809. The van der Waals surface area contributed by atoms with Crippen molar-refractivity contribution in [1.82, 2.24) is 20.3 Å². The Hall–Kier alpha value is -2.96. The fourth-order valence-electron chi connectivity index (χ4n) is 3.64. The number of carbonyl (C=O) groups excluding carboxylic acids is 2. The molecule has 3 aromatic heterocycles. The second-order valence-electron chi connectivity index (χ2n) is 7.84. The van der Waals surface area contributed by atoms with Crippen LogP contribution in [0.2, 0.25) is 10.0 Å². The summed E-state index contributed by atoms with van der Waals surface area (Å²) in [5, 5.41) is 3.24. The highest BCUT2D eigenvalue weighted by molar-refractivity contribution is 7.18. The summed E-state index contributed by atoms with van der Waals surface area (Å²) in [6.45, 7) is 3.57. The van der Waals surface area contributed by atoms with Crippen LogP contribution in [-0.2, 0) is 4.74 Å². The van der Waals surface area contributed by atoms with Gasteiger partial charge in [-0.05, 0) is 32.4 Å². The third-order valence-electron chi connectivity index (χ3n) is 5.42. The monoisotopic (exact) mass is 559 g/mol. The van der Waals surface area contributed by atoms with Crippen LogP contribution in [0.5, 0.6) is 5.06 Å². The van der Waals surface area contributed by atoms with Gasteiger partial charge in [0, 0.05) is 18.4 Å². The zero-order valence-electron chi connectivity index (χ0n) is 19.1. The Labute approximate surface area is 218 Å². The van der Waals surface area contributed by atoms with Crippen molar-refractivity contribution in [2.24, 2.45) is 0 Å². The van der Waals surface area contributed by atoms with Crippen LogP contribution in [0.15, 0.2) is 18.3 Å². The normalized spacial score (nSPS) is 17.7. The van der Waals surface area contributed by atoms with Gasteiger partial charge in [0.1, 0.15) is 23.3 Å². The second-order valence-corrected chi connectivity index (χ2v) is 9.53. The summed E-state index contributed by atoms with van der Waals surface area (Å²) < 4.78 is 39.6. The topological polar surface area (TPSA) is 109 Å². The highest BCUT2D eigenvalue weighted by atomic mass is 35.5. The van der Waals surface area contributed by atoms with Crippen molar-refractivity contribution in [2.45, 2.75) is 32.5 Å². The Morgan fingerprint density at radius 1 is 1.33 bits per heavy atom. The lowest BCUT2D eigenvalue weighted by molar-refractivity contribution is 0.0893. The third-order valence-corrected chi connectivity index (χ3v) is 7.36. The van der Waals surface area contributed by atoms with Crippen molar-refractivity contribution in [3.05, 3.63) is 45.6 Å². The first-order valence-corrected chi connectivity index (χ1v) is 12.5. The van der Waals surface area contributed by atoms with E-state index in [-0.39, 0.29) is 51.8 Å². The molecule has 1 fully saturated rings. The lowest BCUT2D eigenvalue weighted by Crippen LogP contribution is -2.52. The van der Waals surface area contributed by atoms with Crippen LogP contribution >= 0.6 is 34.5 Å². The van der Waals surface area contributed by atoms with Crippen molar-refractivity contribution in [3.8, 4) is 16.5 Å². The molecule has 0 aromatic carbocycles. The van der Waals surface area contributed by atoms with Gasteiger partial charge in [0.05, 0.1) is 29.2 Å². The SMILES string of the molecule is CCOC(=O)Oc1sc(N2CC[C@@H](NC(=O)c3[nH]c(C)c(Cl)c3Cl)[C@@H](F)C2)nc1-c1ncccc1F. The molecule has 3 aromatic rings. The van der Waals surface area contributed by atoms with Gasteiger partial charge in [0.15, 0.2) is 10.9 Å². The summed E-state index contributed by atoms with van der Waals surface area (Å²) >= 11 is 13.1. The molecule has 1 aliphatic heterocycles. The Balaban J connectivity index is 1.51. The van der Waals surface area contributed by atoms with Crippen molar-refractivity contribution >= 4 is 51.7 Å². The molecule has 1 saturated heterocycles. The first kappa shape index (κ1) is 26.1. The lowest BCUT2D eigenvalue weighted by Gasteiger charge is -2.34. The Morgan fingerprint density at radius 3 is 2.75 bits per heavy atom. The molecule has 2 atom stereocenters. The van der Waals surface area contributed by atoms with Crippen LogP contribution < -0.4 is 15.0 Å². The lowest BCUT2D eigenvalue weighted by atomic mass is 10.0. The number of aromatic amines is 1. The van der Waals surface area contributed by atoms with Crippen LogP contribution in [0.4, 0.5) is 18.7 Å². The van der Waals surface area contributed by atoms with Gasteiger partial charge in [-0.15, -0.1) is 0 Å². The molecule has 0 radical (unpaired) electrons. The summed E-state index contributed by atoms with van der Waals surface area (Å²) in [7, 11) is 0. The van der Waals surface area contributed by atoms with Crippen molar-refractivity contribution in [3.63, 3.8) is 0 Å². The van der Waals surface area contributed by atoms with Crippen LogP contribution in [0.3, 0.4) is 0 Å². The highest BCUT2D eigenvalue weighted by Gasteiger charge is 2.34. The predicted molar refractivity (Wildman–Crippen MR) is 131 cm³/mol. The number of H-pyrrole nitrogens is 1. The molecule has 2 N–H and O–H groups in total. The standard InChI is InChI=1S/C22H21Cl2F2N5O4S/c1-3-34-22(33)35-20-18(16-11(25)5-4-7-27-16)30-21(36-20)31-8-6-13(12(26)9-31)29-19(32)17-15(24)14(23)10(2)28-17/h4-5,7,12-13,28H,3,6,8-9H2,1-2H3,(H,29,32)/t12-,13+/m0/s1. The van der Waals surface area contributed by atoms with Crippen molar-refractivity contribution in [1.29, 1.82) is 0 Å². The first-order valence-electron chi connectivity index (χ1n) is 10.9. The Bertz CT molecular complexity index is 1290. The number of hydrogen-bond acceptors (Lipinski definition) is 8. The molecule has 4 heterocycles. The molecule has 0 unspecified atom stereocenters. The first-order chi connectivity index (χ1) is 17.2. The number of anilines is 1. The summed E-state index contributed by atoms with van der Waals surface area (Å²) in [5.41, 5.74) is 0.482. The minimum atomic E-state index is -1.46. The number of carbonyl (C=O) groups is 2. The van der Waals surface area contributed by atoms with Gasteiger partial charge in [-0.1, -0.05) is 34.5 Å². The Kier molecular flexibility index (Phi) is 7.96. The number of nitrogens with zero attached hydrogens (tertiary/aromatic N) is 3. The molecule has 14 heteroatoms. The maximum Gasteiger partial charge on any atom is 0.514 e. The quantitative estimate of drug-likeness (QED) is 0.401. The predicted octanol–water partition coefficient (Wildman–Crippen LogP) is 5.17. The fraction of sp³-hybridized carbons (Fsp3) is 0.364. The van der Waals surface area contributed by atoms with E-state index in [4.69, 9.17) is 32.7 Å². The number of hydrogen-bond donors (Lipinski definition) is 2. The molecule has 4 rings (SSSR count). The molecule has 0 saturated carbocycles. The van der Waals surface area contributed by atoms with Crippen LogP contribution in [0.1, 0.15) is 29.5 Å². The number of piperidine rings is 1. The van der Waals surface area contributed by atoms with Crippen molar-refractivity contribution in [2.75, 3.05) is 24.6 Å². The maximum absolute atomic E-state index is 15.1. The van der Waals surface area contributed by atoms with E-state index >= 15 is 4.39 Å². The summed E-state index contributed by atoms with van der Waals surface area (Å²) in [5.74, 6) is -1.23. The molecule has 9 nitrogen and oxygen atoms in total. The molecule has 0 aliphatic carbocycles. The van der Waals surface area contributed by atoms with Gasteiger partial charge in [-0.25, -0.2) is 18.6 Å². The van der Waals surface area contributed by atoms with Crippen LogP contribution in [0.25, 0.3) is 11.4 Å². The number of rotatable bonds is 6. The molecular weight excluding hydrogens is 539 g/mol. The van der Waals surface area contributed by atoms with E-state index in [1.807, 2.05) is 0 Å². The minimum absolute atomic E-state index is 0.000577. The number of aromatic nitrogens is 3. The maximum atomic E-state index is 15.1. The Morgan fingerprint density at radius 2 is 2.11 bits per heavy atom. The van der Waals surface area contributed by atoms with E-state index in [0.29, 0.717) is 17.4 Å². The third kappa shape index (κ3) is 5.40. The van der Waals surface area contributed by atoms with Gasteiger partial charge in [-0.3, -0.25) is 9.78 Å². The number of ether oxygens (including phenoxy) is 2. The number of halogens is 4. The second kappa shape index (κ2) is 11.0. The molecular formula is C22H21Cl2F2N5O4S. The number of pyridine rings is 1. The smallest absolute Gasteiger partial charge is 0.434 e. The van der Waals surface area contributed by atoms with Gasteiger partial charge in [0.25, 0.3) is 5.91 Å². The number of thiazole rings is 1. The number of nitrogens with one attached hydrogen (secondary N) is 2. The molecule has 0 bridgehead atoms. The van der Waals surface area contributed by atoms with Crippen LogP contribution in [0, 0.1) is 12.7 Å². The van der Waals surface area contributed by atoms with E-state index in [1.165, 1.54) is 18.3 Å². The molecule has 0 spiro atoms. The summed E-state index contributed by atoms with van der Waals surface area (Å²) in [4.78, 5) is 37.3. The van der Waals surface area contributed by atoms with Gasteiger partial charge < -0.3 is 24.7 Å². The van der Waals surface area contributed by atoms with Gasteiger partial charge in [0.2, 0.25) is 5.06 Å². The average molecular weight is 560 g/mol. The molecule has 36 heavy (non-hydrogen) atoms.